The lowest BCUT2D eigenvalue weighted by Gasteiger charge is -2.11. The van der Waals surface area contributed by atoms with Gasteiger partial charge in [0.2, 0.25) is 0 Å². The lowest BCUT2D eigenvalue weighted by atomic mass is 10.2. The van der Waals surface area contributed by atoms with E-state index in [0.29, 0.717) is 21.5 Å². The molecule has 1 aromatic heterocycles. The number of methoxy groups -OCH3 is 1. The number of halogens is 2. The highest BCUT2D eigenvalue weighted by molar-refractivity contribution is 9.10. The maximum atomic E-state index is 13.5. The predicted molar refractivity (Wildman–Crippen MR) is 72.6 cm³/mol. The van der Waals surface area contributed by atoms with Gasteiger partial charge in [0, 0.05) is 18.0 Å². The Bertz CT molecular complexity index is 557. The molecule has 1 aromatic carbocycles. The third kappa shape index (κ3) is 2.53. The number of nitrogens with two attached hydrogens (primary N) is 1. The first-order valence-corrected chi connectivity index (χ1v) is 5.90. The van der Waals surface area contributed by atoms with Gasteiger partial charge < -0.3 is 15.8 Å². The van der Waals surface area contributed by atoms with Crippen molar-refractivity contribution in [3.63, 3.8) is 0 Å². The maximum Gasteiger partial charge on any atom is 0.167 e. The fraction of sp³-hybridized carbons (Fsp3) is 0.0833. The zero-order valence-electron chi connectivity index (χ0n) is 9.58. The Kier molecular flexibility index (Phi) is 3.66. The van der Waals surface area contributed by atoms with Crippen LogP contribution in [0.2, 0.25) is 0 Å². The molecule has 2 aromatic rings. The van der Waals surface area contributed by atoms with Crippen molar-refractivity contribution in [2.45, 2.75) is 0 Å². The van der Waals surface area contributed by atoms with Crippen molar-refractivity contribution in [2.75, 3.05) is 18.2 Å². The minimum absolute atomic E-state index is 0.197. The minimum Gasteiger partial charge on any atom is -0.494 e. The Balaban J connectivity index is 2.32. The van der Waals surface area contributed by atoms with Crippen LogP contribution in [0.4, 0.5) is 21.5 Å². The van der Waals surface area contributed by atoms with Crippen LogP contribution in [-0.4, -0.2) is 12.1 Å². The summed E-state index contributed by atoms with van der Waals surface area (Å²) in [6, 6.07) is 4.59. The normalized spacial score (nSPS) is 10.2. The predicted octanol–water partition coefficient (Wildman–Crippen LogP) is 3.32. The molecule has 4 nitrogen and oxygen atoms in total. The molecule has 0 radical (unpaired) electrons. The van der Waals surface area contributed by atoms with E-state index in [1.807, 2.05) is 0 Å². The van der Waals surface area contributed by atoms with Gasteiger partial charge in [0.15, 0.2) is 11.6 Å². The van der Waals surface area contributed by atoms with E-state index in [1.165, 1.54) is 19.4 Å². The van der Waals surface area contributed by atoms with Gasteiger partial charge >= 0.3 is 0 Å². The first-order chi connectivity index (χ1) is 8.61. The fourth-order valence-corrected chi connectivity index (χ4v) is 1.92. The molecule has 0 bridgehead atoms. The van der Waals surface area contributed by atoms with Gasteiger partial charge in [-0.15, -0.1) is 0 Å². The molecule has 0 fully saturated rings. The van der Waals surface area contributed by atoms with Gasteiger partial charge in [0.05, 0.1) is 29.2 Å². The van der Waals surface area contributed by atoms with Gasteiger partial charge in [-0.1, -0.05) is 0 Å². The number of aromatic nitrogens is 1. The van der Waals surface area contributed by atoms with Crippen LogP contribution in [0, 0.1) is 5.82 Å². The molecule has 0 amide bonds. The van der Waals surface area contributed by atoms with Crippen molar-refractivity contribution in [3.05, 3.63) is 40.9 Å². The number of rotatable bonds is 3. The van der Waals surface area contributed by atoms with E-state index >= 15 is 0 Å². The average Bonchev–Trinajstić information content (AvgIpc) is 2.34. The zero-order chi connectivity index (χ0) is 13.1. The average molecular weight is 312 g/mol. The summed E-state index contributed by atoms with van der Waals surface area (Å²) in [4.78, 5) is 3.93. The molecule has 18 heavy (non-hydrogen) atoms. The molecule has 6 heteroatoms. The summed E-state index contributed by atoms with van der Waals surface area (Å²) in [6.07, 6.45) is 3.13. The summed E-state index contributed by atoms with van der Waals surface area (Å²) in [7, 11) is 1.42. The minimum atomic E-state index is -0.439. The Labute approximate surface area is 112 Å². The van der Waals surface area contributed by atoms with Gasteiger partial charge in [-0.2, -0.15) is 0 Å². The molecule has 2 rings (SSSR count). The number of pyridine rings is 1. The van der Waals surface area contributed by atoms with E-state index in [2.05, 4.69) is 26.2 Å². The van der Waals surface area contributed by atoms with E-state index in [1.54, 1.807) is 18.3 Å². The summed E-state index contributed by atoms with van der Waals surface area (Å²) >= 11 is 3.33. The molecule has 0 spiro atoms. The Morgan fingerprint density at radius 2 is 2.17 bits per heavy atom. The van der Waals surface area contributed by atoms with Crippen LogP contribution in [0.15, 0.2) is 35.1 Å². The largest absolute Gasteiger partial charge is 0.494 e. The van der Waals surface area contributed by atoms with Crippen molar-refractivity contribution >= 4 is 33.0 Å². The summed E-state index contributed by atoms with van der Waals surface area (Å²) in [5.41, 5.74) is 7.49. The number of nitrogen functional groups attached to an aromatic ring is 1. The van der Waals surface area contributed by atoms with Gasteiger partial charge in [-0.25, -0.2) is 4.39 Å². The number of nitrogens with one attached hydrogen (secondary N) is 1. The summed E-state index contributed by atoms with van der Waals surface area (Å²) in [5.74, 6) is -0.242. The standard InChI is InChI=1S/C12H11BrFN3O/c1-18-11-3-2-7(4-9(11)14)17-12-8(13)5-16-6-10(12)15/h2-6H,15H2,1H3,(H,16,17). The van der Waals surface area contributed by atoms with E-state index in [4.69, 9.17) is 10.5 Å². The number of hydrogen-bond donors (Lipinski definition) is 2. The second-order valence-corrected chi connectivity index (χ2v) is 4.41. The second-order valence-electron chi connectivity index (χ2n) is 3.56. The second kappa shape index (κ2) is 5.22. The van der Waals surface area contributed by atoms with Crippen LogP contribution in [0.25, 0.3) is 0 Å². The van der Waals surface area contributed by atoms with Crippen LogP contribution in [0.1, 0.15) is 0 Å². The van der Waals surface area contributed by atoms with Crippen molar-refractivity contribution in [1.29, 1.82) is 0 Å². The van der Waals surface area contributed by atoms with Crippen LogP contribution >= 0.6 is 15.9 Å². The third-order valence-electron chi connectivity index (χ3n) is 2.35. The highest BCUT2D eigenvalue weighted by atomic mass is 79.9. The number of nitrogens with zero attached hydrogens (tertiary/aromatic N) is 1. The summed E-state index contributed by atoms with van der Waals surface area (Å²) in [6.45, 7) is 0. The van der Waals surface area contributed by atoms with Crippen molar-refractivity contribution in [1.82, 2.24) is 4.98 Å². The molecule has 0 saturated heterocycles. The fourth-order valence-electron chi connectivity index (χ4n) is 1.47. The Morgan fingerprint density at radius 3 is 2.78 bits per heavy atom. The molecule has 94 valence electrons. The molecule has 0 atom stereocenters. The molecule has 0 saturated carbocycles. The molecule has 0 aliphatic heterocycles. The first-order valence-electron chi connectivity index (χ1n) is 5.11. The molecular weight excluding hydrogens is 301 g/mol. The summed E-state index contributed by atoms with van der Waals surface area (Å²) in [5, 5.41) is 3.03. The molecular formula is C12H11BrFN3O. The van der Waals surface area contributed by atoms with Crippen LogP contribution in [0.5, 0.6) is 5.75 Å². The van der Waals surface area contributed by atoms with Crippen molar-refractivity contribution in [2.24, 2.45) is 0 Å². The SMILES string of the molecule is COc1ccc(Nc2c(N)cncc2Br)cc1F. The Morgan fingerprint density at radius 1 is 1.39 bits per heavy atom. The Hall–Kier alpha value is -1.82. The number of benzene rings is 1. The molecule has 0 aliphatic carbocycles. The van der Waals surface area contributed by atoms with Gasteiger partial charge in [-0.05, 0) is 28.1 Å². The quantitative estimate of drug-likeness (QED) is 0.913. The van der Waals surface area contributed by atoms with E-state index in [-0.39, 0.29) is 5.75 Å². The highest BCUT2D eigenvalue weighted by Crippen LogP contribution is 2.31. The van der Waals surface area contributed by atoms with E-state index in [0.717, 1.165) is 0 Å². The van der Waals surface area contributed by atoms with Gasteiger partial charge in [-0.3, -0.25) is 4.98 Å². The lowest BCUT2D eigenvalue weighted by molar-refractivity contribution is 0.386. The molecule has 0 unspecified atom stereocenters. The van der Waals surface area contributed by atoms with Crippen LogP contribution < -0.4 is 15.8 Å². The van der Waals surface area contributed by atoms with Crippen molar-refractivity contribution < 1.29 is 9.13 Å². The summed E-state index contributed by atoms with van der Waals surface area (Å²) < 4.78 is 19.1. The van der Waals surface area contributed by atoms with Gasteiger partial charge in [0.1, 0.15) is 0 Å². The van der Waals surface area contributed by atoms with Gasteiger partial charge in [0.25, 0.3) is 0 Å². The number of anilines is 3. The van der Waals surface area contributed by atoms with E-state index in [9.17, 15) is 4.39 Å². The monoisotopic (exact) mass is 311 g/mol. The molecule has 3 N–H and O–H groups in total. The van der Waals surface area contributed by atoms with E-state index < -0.39 is 5.82 Å². The van der Waals surface area contributed by atoms with Crippen LogP contribution in [0.3, 0.4) is 0 Å². The lowest BCUT2D eigenvalue weighted by Crippen LogP contribution is -1.99. The molecule has 1 heterocycles. The highest BCUT2D eigenvalue weighted by Gasteiger charge is 2.07. The molecule has 0 aliphatic rings. The number of hydrogen-bond acceptors (Lipinski definition) is 4. The van der Waals surface area contributed by atoms with Crippen LogP contribution in [-0.2, 0) is 0 Å². The smallest absolute Gasteiger partial charge is 0.167 e. The number of ether oxygens (including phenoxy) is 1. The maximum absolute atomic E-state index is 13.5. The van der Waals surface area contributed by atoms with Crippen molar-refractivity contribution in [3.8, 4) is 5.75 Å². The topological polar surface area (TPSA) is 60.2 Å². The zero-order valence-corrected chi connectivity index (χ0v) is 11.2. The third-order valence-corrected chi connectivity index (χ3v) is 2.95. The first kappa shape index (κ1) is 12.6.